The number of amides is 2. The number of rotatable bonds is 7. The number of pyridine rings is 1. The van der Waals surface area contributed by atoms with Gasteiger partial charge in [0.15, 0.2) is 0 Å². The number of hydrogen-bond acceptors (Lipinski definition) is 7. The maximum Gasteiger partial charge on any atom is 0.255 e. The van der Waals surface area contributed by atoms with Crippen LogP contribution in [-0.4, -0.2) is 50.8 Å². The van der Waals surface area contributed by atoms with E-state index in [0.29, 0.717) is 34.9 Å². The number of likely N-dealkylation sites (tertiary alicyclic amines) is 1. The van der Waals surface area contributed by atoms with Crippen molar-refractivity contribution in [2.45, 2.75) is 37.6 Å². The van der Waals surface area contributed by atoms with E-state index in [2.05, 4.69) is 37.7 Å². The largest absolute Gasteiger partial charge is 0.367 e. The number of nitrogens with zero attached hydrogens (tertiary/aromatic N) is 4. The second-order valence-electron chi connectivity index (χ2n) is 8.79. The van der Waals surface area contributed by atoms with Crippen LogP contribution in [0.2, 0.25) is 0 Å². The molecule has 2 fully saturated rings. The average molecular weight is 458 g/mol. The molecular formula is C25H27N7O2. The summed E-state index contributed by atoms with van der Waals surface area (Å²) in [4.78, 5) is 39.0. The molecule has 2 amide bonds. The third-order valence-corrected chi connectivity index (χ3v) is 6.30. The van der Waals surface area contributed by atoms with E-state index in [-0.39, 0.29) is 5.91 Å². The topological polar surface area (TPSA) is 126 Å². The van der Waals surface area contributed by atoms with Crippen molar-refractivity contribution in [3.8, 4) is 0 Å². The number of piperidine rings is 1. The summed E-state index contributed by atoms with van der Waals surface area (Å²) < 4.78 is 0. The summed E-state index contributed by atoms with van der Waals surface area (Å²) in [6, 6.07) is 12.1. The molecule has 0 atom stereocenters. The fourth-order valence-corrected chi connectivity index (χ4v) is 4.21. The number of carbonyl (C=O) groups excluding carboxylic acids is 2. The fraction of sp³-hybridized carbons (Fsp3) is 0.320. The van der Waals surface area contributed by atoms with Gasteiger partial charge in [0, 0.05) is 43.4 Å². The van der Waals surface area contributed by atoms with Gasteiger partial charge in [0.1, 0.15) is 5.82 Å². The molecule has 0 bridgehead atoms. The number of nitrogens with one attached hydrogen (secondary N) is 2. The average Bonchev–Trinajstić information content (AvgIpc) is 3.69. The summed E-state index contributed by atoms with van der Waals surface area (Å²) in [6.45, 7) is 1.46. The summed E-state index contributed by atoms with van der Waals surface area (Å²) in [6.07, 6.45) is 8.71. The quantitative estimate of drug-likeness (QED) is 0.497. The molecule has 0 radical (unpaired) electrons. The lowest BCUT2D eigenvalue weighted by molar-refractivity contribution is 0.0712. The SMILES string of the molecule is NC(=O)c1cnc(Nc2ccc(C3CCN(C(=O)c4cccnc4)CC3)cc2)nc1NC1CC1. The Morgan fingerprint density at radius 2 is 1.76 bits per heavy atom. The van der Waals surface area contributed by atoms with Crippen LogP contribution in [0.3, 0.4) is 0 Å². The Morgan fingerprint density at radius 3 is 2.41 bits per heavy atom. The van der Waals surface area contributed by atoms with Crippen molar-refractivity contribution in [3.63, 3.8) is 0 Å². The summed E-state index contributed by atoms with van der Waals surface area (Å²) in [5.41, 5.74) is 8.49. The Morgan fingerprint density at radius 1 is 1.00 bits per heavy atom. The van der Waals surface area contributed by atoms with Gasteiger partial charge in [-0.05, 0) is 61.4 Å². The van der Waals surface area contributed by atoms with Crippen molar-refractivity contribution in [1.82, 2.24) is 19.9 Å². The summed E-state index contributed by atoms with van der Waals surface area (Å²) in [7, 11) is 0. The Hall–Kier alpha value is -4.01. The fourth-order valence-electron chi connectivity index (χ4n) is 4.21. The Labute approximate surface area is 197 Å². The molecule has 0 spiro atoms. The highest BCUT2D eigenvalue weighted by Crippen LogP contribution is 2.30. The first-order valence-electron chi connectivity index (χ1n) is 11.6. The molecular weight excluding hydrogens is 430 g/mol. The molecule has 1 saturated carbocycles. The maximum absolute atomic E-state index is 12.6. The van der Waals surface area contributed by atoms with Crippen LogP contribution in [-0.2, 0) is 0 Å². The molecule has 174 valence electrons. The number of aromatic nitrogens is 3. The predicted molar refractivity (Wildman–Crippen MR) is 129 cm³/mol. The van der Waals surface area contributed by atoms with Crippen LogP contribution in [0.1, 0.15) is 57.9 Å². The van der Waals surface area contributed by atoms with Crippen molar-refractivity contribution >= 4 is 29.3 Å². The normalized spacial score (nSPS) is 16.2. The number of carbonyl (C=O) groups is 2. The van der Waals surface area contributed by atoms with Crippen LogP contribution in [0.25, 0.3) is 0 Å². The highest BCUT2D eigenvalue weighted by molar-refractivity contribution is 5.97. The van der Waals surface area contributed by atoms with Gasteiger partial charge in [-0.15, -0.1) is 0 Å². The minimum absolute atomic E-state index is 0.0454. The van der Waals surface area contributed by atoms with Crippen molar-refractivity contribution in [3.05, 3.63) is 71.7 Å². The van der Waals surface area contributed by atoms with E-state index in [1.165, 1.54) is 11.8 Å². The third kappa shape index (κ3) is 4.98. The maximum atomic E-state index is 12.6. The van der Waals surface area contributed by atoms with Crippen molar-refractivity contribution < 1.29 is 9.59 Å². The van der Waals surface area contributed by atoms with E-state index in [9.17, 15) is 9.59 Å². The second kappa shape index (κ2) is 9.46. The van der Waals surface area contributed by atoms with Gasteiger partial charge in [0.2, 0.25) is 5.95 Å². The minimum atomic E-state index is -0.549. The zero-order valence-corrected chi connectivity index (χ0v) is 18.8. The van der Waals surface area contributed by atoms with Crippen molar-refractivity contribution in [1.29, 1.82) is 0 Å². The molecule has 5 rings (SSSR count). The standard InChI is InChI=1S/C25H27N7O2/c26-22(33)21-15-28-25(31-23(21)29-19-7-8-19)30-20-5-3-16(4-6-20)17-9-12-32(13-10-17)24(34)18-2-1-11-27-14-18/h1-6,11,14-15,17,19H,7-10,12-13H2,(H2,26,33)(H2,28,29,30,31). The second-order valence-corrected chi connectivity index (χ2v) is 8.79. The van der Waals surface area contributed by atoms with Crippen LogP contribution >= 0.6 is 0 Å². The first-order valence-corrected chi connectivity index (χ1v) is 11.6. The van der Waals surface area contributed by atoms with Crippen LogP contribution < -0.4 is 16.4 Å². The number of benzene rings is 1. The molecule has 3 heterocycles. The predicted octanol–water partition coefficient (Wildman–Crippen LogP) is 3.31. The first-order chi connectivity index (χ1) is 16.6. The molecule has 9 nitrogen and oxygen atoms in total. The summed E-state index contributed by atoms with van der Waals surface area (Å²) in [5.74, 6) is 0.781. The molecule has 34 heavy (non-hydrogen) atoms. The lowest BCUT2D eigenvalue weighted by Crippen LogP contribution is -2.37. The zero-order chi connectivity index (χ0) is 23.5. The van der Waals surface area contributed by atoms with E-state index in [4.69, 9.17) is 5.73 Å². The first kappa shape index (κ1) is 21.8. The van der Waals surface area contributed by atoms with E-state index in [0.717, 1.165) is 44.5 Å². The van der Waals surface area contributed by atoms with Crippen molar-refractivity contribution in [2.75, 3.05) is 23.7 Å². The molecule has 1 aliphatic carbocycles. The lowest BCUT2D eigenvalue weighted by Gasteiger charge is -2.32. The molecule has 2 aliphatic rings. The highest BCUT2D eigenvalue weighted by atomic mass is 16.2. The highest BCUT2D eigenvalue weighted by Gasteiger charge is 2.25. The monoisotopic (exact) mass is 457 g/mol. The molecule has 9 heteroatoms. The van der Waals surface area contributed by atoms with Gasteiger partial charge in [0.25, 0.3) is 11.8 Å². The van der Waals surface area contributed by atoms with E-state index < -0.39 is 5.91 Å². The van der Waals surface area contributed by atoms with Gasteiger partial charge in [-0.3, -0.25) is 14.6 Å². The van der Waals surface area contributed by atoms with E-state index >= 15 is 0 Å². The molecule has 0 unspecified atom stereocenters. The number of anilines is 3. The molecule has 1 aliphatic heterocycles. The third-order valence-electron chi connectivity index (χ3n) is 6.30. The van der Waals surface area contributed by atoms with Gasteiger partial charge in [-0.2, -0.15) is 4.98 Å². The zero-order valence-electron chi connectivity index (χ0n) is 18.8. The van der Waals surface area contributed by atoms with Crippen LogP contribution in [0.4, 0.5) is 17.5 Å². The smallest absolute Gasteiger partial charge is 0.255 e. The van der Waals surface area contributed by atoms with Crippen LogP contribution in [0.15, 0.2) is 55.0 Å². The Bertz CT molecular complexity index is 1170. The van der Waals surface area contributed by atoms with E-state index in [1.807, 2.05) is 23.1 Å². The number of primary amides is 1. The van der Waals surface area contributed by atoms with Crippen LogP contribution in [0, 0.1) is 0 Å². The van der Waals surface area contributed by atoms with Gasteiger partial charge < -0.3 is 21.3 Å². The lowest BCUT2D eigenvalue weighted by atomic mass is 9.89. The summed E-state index contributed by atoms with van der Waals surface area (Å²) >= 11 is 0. The molecule has 2 aromatic heterocycles. The Balaban J connectivity index is 1.20. The van der Waals surface area contributed by atoms with E-state index in [1.54, 1.807) is 18.5 Å². The van der Waals surface area contributed by atoms with Gasteiger partial charge in [-0.1, -0.05) is 12.1 Å². The Kier molecular flexibility index (Phi) is 6.07. The molecule has 4 N–H and O–H groups in total. The van der Waals surface area contributed by atoms with Gasteiger partial charge >= 0.3 is 0 Å². The minimum Gasteiger partial charge on any atom is -0.367 e. The van der Waals surface area contributed by atoms with Gasteiger partial charge in [0.05, 0.1) is 11.1 Å². The van der Waals surface area contributed by atoms with Crippen LogP contribution in [0.5, 0.6) is 0 Å². The van der Waals surface area contributed by atoms with Gasteiger partial charge in [-0.25, -0.2) is 4.98 Å². The molecule has 1 aromatic carbocycles. The number of hydrogen-bond donors (Lipinski definition) is 3. The molecule has 3 aromatic rings. The van der Waals surface area contributed by atoms with Crippen molar-refractivity contribution in [2.24, 2.45) is 5.73 Å². The number of nitrogens with two attached hydrogens (primary N) is 1. The summed E-state index contributed by atoms with van der Waals surface area (Å²) in [5, 5.41) is 6.44. The molecule has 1 saturated heterocycles.